The standard InChI is InChI=1S/C12H13Cl2NO4/c13-9-2-1-3-10(14)8(9)6-11(16)15-4-5-19-7-12(17)18/h1-3H,4-7H2,(H,15,16)(H,17,18). The molecule has 0 heterocycles. The van der Waals surface area contributed by atoms with Gasteiger partial charge in [0, 0.05) is 16.6 Å². The van der Waals surface area contributed by atoms with E-state index < -0.39 is 5.97 Å². The van der Waals surface area contributed by atoms with E-state index in [-0.39, 0.29) is 32.1 Å². The molecule has 1 aromatic rings. The van der Waals surface area contributed by atoms with Crippen LogP contribution in [0.25, 0.3) is 0 Å². The average molecular weight is 306 g/mol. The maximum Gasteiger partial charge on any atom is 0.329 e. The van der Waals surface area contributed by atoms with E-state index >= 15 is 0 Å². The molecule has 0 atom stereocenters. The zero-order chi connectivity index (χ0) is 14.3. The van der Waals surface area contributed by atoms with Crippen molar-refractivity contribution in [2.75, 3.05) is 19.8 Å². The van der Waals surface area contributed by atoms with E-state index in [0.29, 0.717) is 15.6 Å². The molecule has 0 fully saturated rings. The number of carbonyl (C=O) groups excluding carboxylic acids is 1. The van der Waals surface area contributed by atoms with E-state index in [1.54, 1.807) is 18.2 Å². The summed E-state index contributed by atoms with van der Waals surface area (Å²) in [6.07, 6.45) is 0.0669. The molecular weight excluding hydrogens is 293 g/mol. The van der Waals surface area contributed by atoms with Gasteiger partial charge >= 0.3 is 5.97 Å². The van der Waals surface area contributed by atoms with Crippen molar-refractivity contribution in [2.24, 2.45) is 0 Å². The zero-order valence-corrected chi connectivity index (χ0v) is 11.5. The van der Waals surface area contributed by atoms with E-state index in [1.807, 2.05) is 0 Å². The van der Waals surface area contributed by atoms with Crippen molar-refractivity contribution in [2.45, 2.75) is 6.42 Å². The second-order valence-corrected chi connectivity index (χ2v) is 4.49. The van der Waals surface area contributed by atoms with Crippen LogP contribution < -0.4 is 5.32 Å². The summed E-state index contributed by atoms with van der Waals surface area (Å²) in [5, 5.41) is 11.8. The maximum absolute atomic E-state index is 11.6. The fourth-order valence-electron chi connectivity index (χ4n) is 1.35. The SMILES string of the molecule is O=C(O)COCCNC(=O)Cc1c(Cl)cccc1Cl. The van der Waals surface area contributed by atoms with E-state index in [9.17, 15) is 9.59 Å². The minimum Gasteiger partial charge on any atom is -0.480 e. The smallest absolute Gasteiger partial charge is 0.329 e. The molecule has 7 heteroatoms. The summed E-state index contributed by atoms with van der Waals surface area (Å²) in [5.41, 5.74) is 0.565. The van der Waals surface area contributed by atoms with Gasteiger partial charge in [-0.3, -0.25) is 4.79 Å². The number of ether oxygens (including phenoxy) is 1. The molecule has 0 saturated heterocycles. The predicted octanol–water partition coefficient (Wildman–Crippen LogP) is 1.75. The Kier molecular flexibility index (Phi) is 6.62. The highest BCUT2D eigenvalue weighted by atomic mass is 35.5. The zero-order valence-electron chi connectivity index (χ0n) is 9.99. The lowest BCUT2D eigenvalue weighted by molar-refractivity contribution is -0.142. The molecule has 0 aromatic heterocycles. The number of carbonyl (C=O) groups is 2. The Morgan fingerprint density at radius 3 is 2.47 bits per heavy atom. The third-order valence-corrected chi connectivity index (χ3v) is 2.90. The molecule has 1 amide bonds. The quantitative estimate of drug-likeness (QED) is 0.753. The number of hydrogen-bond donors (Lipinski definition) is 2. The van der Waals surface area contributed by atoms with Crippen LogP contribution in [0.2, 0.25) is 10.0 Å². The summed E-state index contributed by atoms with van der Waals surface area (Å²) >= 11 is 11.9. The molecule has 0 aliphatic rings. The van der Waals surface area contributed by atoms with Crippen LogP contribution in [-0.4, -0.2) is 36.7 Å². The Morgan fingerprint density at radius 2 is 1.89 bits per heavy atom. The number of rotatable bonds is 7. The molecular formula is C12H13Cl2NO4. The molecule has 104 valence electrons. The molecule has 0 aliphatic carbocycles. The van der Waals surface area contributed by atoms with Crippen molar-refractivity contribution in [3.63, 3.8) is 0 Å². The van der Waals surface area contributed by atoms with Gasteiger partial charge in [-0.2, -0.15) is 0 Å². The van der Waals surface area contributed by atoms with Crippen LogP contribution in [0.4, 0.5) is 0 Å². The first kappa shape index (κ1) is 15.8. The number of hydrogen-bond acceptors (Lipinski definition) is 3. The lowest BCUT2D eigenvalue weighted by atomic mass is 10.1. The molecule has 0 spiro atoms. The van der Waals surface area contributed by atoms with Crippen molar-refractivity contribution in [3.05, 3.63) is 33.8 Å². The number of carboxylic acids is 1. The molecule has 0 bridgehead atoms. The van der Waals surface area contributed by atoms with Crippen molar-refractivity contribution in [3.8, 4) is 0 Å². The third-order valence-electron chi connectivity index (χ3n) is 2.19. The Hall–Kier alpha value is -1.30. The molecule has 0 aliphatic heterocycles. The Labute approximate surface area is 120 Å². The Morgan fingerprint density at radius 1 is 1.26 bits per heavy atom. The van der Waals surface area contributed by atoms with Crippen molar-refractivity contribution < 1.29 is 19.4 Å². The maximum atomic E-state index is 11.6. The molecule has 0 radical (unpaired) electrons. The minimum atomic E-state index is -1.05. The van der Waals surface area contributed by atoms with Gasteiger partial charge < -0.3 is 15.2 Å². The van der Waals surface area contributed by atoms with Gasteiger partial charge in [-0.1, -0.05) is 29.3 Å². The lowest BCUT2D eigenvalue weighted by Crippen LogP contribution is -2.29. The predicted molar refractivity (Wildman–Crippen MR) is 71.6 cm³/mol. The number of nitrogens with one attached hydrogen (secondary N) is 1. The van der Waals surface area contributed by atoms with Crippen molar-refractivity contribution in [1.82, 2.24) is 5.32 Å². The highest BCUT2D eigenvalue weighted by molar-refractivity contribution is 6.36. The fourth-order valence-corrected chi connectivity index (χ4v) is 1.88. The summed E-state index contributed by atoms with van der Waals surface area (Å²) in [4.78, 5) is 21.8. The molecule has 1 aromatic carbocycles. The number of halogens is 2. The summed E-state index contributed by atoms with van der Waals surface area (Å²) < 4.78 is 4.78. The molecule has 0 saturated carbocycles. The van der Waals surface area contributed by atoms with Gasteiger partial charge in [0.25, 0.3) is 0 Å². The van der Waals surface area contributed by atoms with E-state index in [0.717, 1.165) is 0 Å². The summed E-state index contributed by atoms with van der Waals surface area (Å²) in [5.74, 6) is -1.30. The van der Waals surface area contributed by atoms with Crippen LogP contribution in [-0.2, 0) is 20.7 Å². The molecule has 5 nitrogen and oxygen atoms in total. The second-order valence-electron chi connectivity index (χ2n) is 3.67. The van der Waals surface area contributed by atoms with Gasteiger partial charge in [0.1, 0.15) is 6.61 Å². The number of benzene rings is 1. The molecule has 1 rings (SSSR count). The van der Waals surface area contributed by atoms with Crippen molar-refractivity contribution >= 4 is 35.1 Å². The highest BCUT2D eigenvalue weighted by Crippen LogP contribution is 2.24. The highest BCUT2D eigenvalue weighted by Gasteiger charge is 2.10. The van der Waals surface area contributed by atoms with Crippen LogP contribution in [0.1, 0.15) is 5.56 Å². The first-order valence-corrected chi connectivity index (χ1v) is 6.25. The lowest BCUT2D eigenvalue weighted by Gasteiger charge is -2.08. The number of amides is 1. The van der Waals surface area contributed by atoms with Crippen LogP contribution in [0, 0.1) is 0 Å². The number of carboxylic acid groups (broad SMARTS) is 1. The first-order chi connectivity index (χ1) is 9.00. The van der Waals surface area contributed by atoms with Gasteiger partial charge in [-0.05, 0) is 17.7 Å². The van der Waals surface area contributed by atoms with Gasteiger partial charge in [0.05, 0.1) is 13.0 Å². The van der Waals surface area contributed by atoms with Crippen LogP contribution >= 0.6 is 23.2 Å². The van der Waals surface area contributed by atoms with E-state index in [1.165, 1.54) is 0 Å². The topological polar surface area (TPSA) is 75.6 Å². The summed E-state index contributed by atoms with van der Waals surface area (Å²) in [6, 6.07) is 5.02. The first-order valence-electron chi connectivity index (χ1n) is 5.50. The second kappa shape index (κ2) is 7.99. The van der Waals surface area contributed by atoms with Crippen molar-refractivity contribution in [1.29, 1.82) is 0 Å². The van der Waals surface area contributed by atoms with Gasteiger partial charge in [0.15, 0.2) is 0 Å². The van der Waals surface area contributed by atoms with E-state index in [4.69, 9.17) is 33.0 Å². The average Bonchev–Trinajstić information content (AvgIpc) is 2.33. The molecule has 2 N–H and O–H groups in total. The third kappa shape index (κ3) is 5.92. The summed E-state index contributed by atoms with van der Waals surface area (Å²) in [6.45, 7) is -0.0192. The normalized spacial score (nSPS) is 10.2. The van der Waals surface area contributed by atoms with E-state index in [2.05, 4.69) is 5.32 Å². The minimum absolute atomic E-state index is 0.0669. The number of aliphatic carboxylic acids is 1. The molecule has 19 heavy (non-hydrogen) atoms. The van der Waals surface area contributed by atoms with Gasteiger partial charge in [-0.15, -0.1) is 0 Å². The molecule has 0 unspecified atom stereocenters. The monoisotopic (exact) mass is 305 g/mol. The largest absolute Gasteiger partial charge is 0.480 e. The Balaban J connectivity index is 2.33. The Bertz CT molecular complexity index is 445. The van der Waals surface area contributed by atoms with Gasteiger partial charge in [-0.25, -0.2) is 4.79 Å². The fraction of sp³-hybridized carbons (Fsp3) is 0.333. The van der Waals surface area contributed by atoms with Crippen LogP contribution in [0.15, 0.2) is 18.2 Å². The summed E-state index contributed by atoms with van der Waals surface area (Å²) in [7, 11) is 0. The van der Waals surface area contributed by atoms with Crippen LogP contribution in [0.3, 0.4) is 0 Å². The van der Waals surface area contributed by atoms with Gasteiger partial charge in [0.2, 0.25) is 5.91 Å². The van der Waals surface area contributed by atoms with Crippen LogP contribution in [0.5, 0.6) is 0 Å².